The quantitative estimate of drug-likeness (QED) is 0.164. The number of hydrogen-bond acceptors (Lipinski definition) is 5. The minimum absolute atomic E-state index is 0.00788. The molecule has 2 amide bonds. The fraction of sp³-hybridized carbons (Fsp3) is 0.372. The Morgan fingerprint density at radius 3 is 2.06 bits per heavy atom. The number of aliphatic carboxylic acids is 1. The first kappa shape index (κ1) is 35.7. The van der Waals surface area contributed by atoms with Gasteiger partial charge in [-0.1, -0.05) is 88.2 Å². The zero-order valence-electron chi connectivity index (χ0n) is 30.0. The summed E-state index contributed by atoms with van der Waals surface area (Å²) in [6, 6.07) is 26.8. The molecule has 266 valence electrons. The largest absolute Gasteiger partial charge is 0.497 e. The van der Waals surface area contributed by atoms with Crippen molar-refractivity contribution in [1.82, 2.24) is 10.2 Å². The van der Waals surface area contributed by atoms with Crippen LogP contribution in [0.3, 0.4) is 0 Å². The van der Waals surface area contributed by atoms with Crippen molar-refractivity contribution in [3.8, 4) is 28.4 Å². The second kappa shape index (κ2) is 15.4. The van der Waals surface area contributed by atoms with Gasteiger partial charge in [0, 0.05) is 19.4 Å². The molecule has 1 unspecified atom stereocenters. The second-order valence-electron chi connectivity index (χ2n) is 14.9. The van der Waals surface area contributed by atoms with E-state index in [2.05, 4.69) is 26.1 Å². The Labute approximate surface area is 300 Å². The van der Waals surface area contributed by atoms with Crippen molar-refractivity contribution >= 4 is 17.8 Å². The van der Waals surface area contributed by atoms with Crippen LogP contribution in [0, 0.1) is 5.92 Å². The van der Waals surface area contributed by atoms with E-state index in [0.29, 0.717) is 42.4 Å². The van der Waals surface area contributed by atoms with Crippen molar-refractivity contribution in [2.75, 3.05) is 13.7 Å². The molecule has 1 fully saturated rings. The highest BCUT2D eigenvalue weighted by atomic mass is 16.5. The third kappa shape index (κ3) is 8.62. The Kier molecular flexibility index (Phi) is 10.8. The SMILES string of the molecule is COc1ccc(-c2ccc(C[C@H](NC(=O)C3c4cc(Oc5ccc(C(C)(C)C)cc5)ccc4CCN3C(=O)CC3CCCC3)C(=O)O)cc2)cc1. The summed E-state index contributed by atoms with van der Waals surface area (Å²) in [5, 5.41) is 13.1. The van der Waals surface area contributed by atoms with Crippen molar-refractivity contribution < 1.29 is 29.0 Å². The first-order chi connectivity index (χ1) is 24.5. The predicted molar refractivity (Wildman–Crippen MR) is 198 cm³/mol. The molecule has 0 aromatic heterocycles. The lowest BCUT2D eigenvalue weighted by atomic mass is 9.87. The predicted octanol–water partition coefficient (Wildman–Crippen LogP) is 8.27. The lowest BCUT2D eigenvalue weighted by Gasteiger charge is -2.37. The highest BCUT2D eigenvalue weighted by molar-refractivity contribution is 5.92. The van der Waals surface area contributed by atoms with Crippen LogP contribution in [0.25, 0.3) is 11.1 Å². The van der Waals surface area contributed by atoms with Gasteiger partial charge < -0.3 is 24.8 Å². The van der Waals surface area contributed by atoms with E-state index >= 15 is 0 Å². The summed E-state index contributed by atoms with van der Waals surface area (Å²) in [6.45, 7) is 6.86. The zero-order valence-corrected chi connectivity index (χ0v) is 30.0. The normalized spacial score (nSPS) is 16.6. The van der Waals surface area contributed by atoms with E-state index < -0.39 is 24.0 Å². The van der Waals surface area contributed by atoms with E-state index in [0.717, 1.165) is 53.7 Å². The summed E-state index contributed by atoms with van der Waals surface area (Å²) < 4.78 is 11.5. The number of fused-ring (bicyclic) bond motifs is 1. The molecule has 6 rings (SSSR count). The summed E-state index contributed by atoms with van der Waals surface area (Å²) in [4.78, 5) is 42.4. The molecule has 1 aliphatic carbocycles. The minimum Gasteiger partial charge on any atom is -0.497 e. The molecule has 4 aromatic rings. The fourth-order valence-corrected chi connectivity index (χ4v) is 7.25. The molecule has 4 aromatic carbocycles. The number of rotatable bonds is 11. The van der Waals surface area contributed by atoms with Crippen LogP contribution in [0.2, 0.25) is 0 Å². The molecule has 8 nitrogen and oxygen atoms in total. The fourth-order valence-electron chi connectivity index (χ4n) is 7.25. The Morgan fingerprint density at radius 2 is 1.45 bits per heavy atom. The maximum Gasteiger partial charge on any atom is 0.326 e. The molecule has 1 aliphatic heterocycles. The van der Waals surface area contributed by atoms with Gasteiger partial charge in [-0.15, -0.1) is 0 Å². The molecule has 0 bridgehead atoms. The zero-order chi connectivity index (χ0) is 36.1. The number of nitrogens with zero attached hydrogens (tertiary/aromatic N) is 1. The molecule has 2 aliphatic rings. The topological polar surface area (TPSA) is 105 Å². The maximum atomic E-state index is 14.3. The van der Waals surface area contributed by atoms with Gasteiger partial charge in [0.2, 0.25) is 11.8 Å². The first-order valence-corrected chi connectivity index (χ1v) is 18.0. The Hall–Kier alpha value is -5.11. The van der Waals surface area contributed by atoms with Crippen molar-refractivity contribution in [2.45, 2.75) is 83.2 Å². The second-order valence-corrected chi connectivity index (χ2v) is 14.9. The van der Waals surface area contributed by atoms with Crippen LogP contribution in [0.5, 0.6) is 17.2 Å². The number of carboxylic acid groups (broad SMARTS) is 1. The van der Waals surface area contributed by atoms with Crippen LogP contribution in [0.1, 0.15) is 81.2 Å². The average Bonchev–Trinajstić information content (AvgIpc) is 3.64. The van der Waals surface area contributed by atoms with Gasteiger partial charge >= 0.3 is 5.97 Å². The maximum absolute atomic E-state index is 14.3. The molecule has 51 heavy (non-hydrogen) atoms. The van der Waals surface area contributed by atoms with Gasteiger partial charge in [0.15, 0.2) is 0 Å². The molecule has 0 radical (unpaired) electrons. The summed E-state index contributed by atoms with van der Waals surface area (Å²) in [5.41, 5.74) is 5.56. The number of benzene rings is 4. The van der Waals surface area contributed by atoms with Crippen molar-refractivity contribution in [3.63, 3.8) is 0 Å². The van der Waals surface area contributed by atoms with E-state index in [1.165, 1.54) is 5.56 Å². The van der Waals surface area contributed by atoms with Crippen molar-refractivity contribution in [2.24, 2.45) is 5.92 Å². The summed E-state index contributed by atoms with van der Waals surface area (Å²) in [6.07, 6.45) is 5.33. The van der Waals surface area contributed by atoms with Gasteiger partial charge in [-0.2, -0.15) is 0 Å². The number of ether oxygens (including phenoxy) is 2. The number of carboxylic acids is 1. The lowest BCUT2D eigenvalue weighted by Crippen LogP contribution is -2.51. The van der Waals surface area contributed by atoms with E-state index in [1.807, 2.05) is 91.0 Å². The van der Waals surface area contributed by atoms with Crippen LogP contribution in [0.4, 0.5) is 0 Å². The number of methoxy groups -OCH3 is 1. The molecule has 2 atom stereocenters. The van der Waals surface area contributed by atoms with Gasteiger partial charge in [0.1, 0.15) is 29.3 Å². The number of carbonyl (C=O) groups is 3. The van der Waals surface area contributed by atoms with Gasteiger partial charge in [0.05, 0.1) is 7.11 Å². The van der Waals surface area contributed by atoms with E-state index in [-0.39, 0.29) is 17.7 Å². The molecule has 0 saturated heterocycles. The Morgan fingerprint density at radius 1 is 0.843 bits per heavy atom. The van der Waals surface area contributed by atoms with Gasteiger partial charge in [-0.25, -0.2) is 4.79 Å². The third-order valence-electron chi connectivity index (χ3n) is 10.2. The van der Waals surface area contributed by atoms with Crippen LogP contribution >= 0.6 is 0 Å². The summed E-state index contributed by atoms with van der Waals surface area (Å²) in [5.74, 6) is 0.566. The van der Waals surface area contributed by atoms with Crippen LogP contribution < -0.4 is 14.8 Å². The highest BCUT2D eigenvalue weighted by Gasteiger charge is 2.38. The van der Waals surface area contributed by atoms with Crippen molar-refractivity contribution in [1.29, 1.82) is 0 Å². The lowest BCUT2D eigenvalue weighted by molar-refractivity contribution is -0.145. The molecule has 2 N–H and O–H groups in total. The van der Waals surface area contributed by atoms with Gasteiger partial charge in [-0.05, 0) is 100 Å². The van der Waals surface area contributed by atoms with Crippen LogP contribution in [0.15, 0.2) is 91.0 Å². The minimum atomic E-state index is -1.19. The Balaban J connectivity index is 1.24. The molecule has 0 spiro atoms. The van der Waals surface area contributed by atoms with Crippen LogP contribution in [-0.2, 0) is 32.6 Å². The summed E-state index contributed by atoms with van der Waals surface area (Å²) in [7, 11) is 1.62. The third-order valence-corrected chi connectivity index (χ3v) is 10.2. The summed E-state index contributed by atoms with van der Waals surface area (Å²) >= 11 is 0. The number of hydrogen-bond donors (Lipinski definition) is 2. The van der Waals surface area contributed by atoms with E-state index in [1.54, 1.807) is 12.0 Å². The van der Waals surface area contributed by atoms with E-state index in [9.17, 15) is 19.5 Å². The van der Waals surface area contributed by atoms with Crippen LogP contribution in [-0.4, -0.2) is 47.5 Å². The van der Waals surface area contributed by atoms with Crippen molar-refractivity contribution in [3.05, 3.63) is 113 Å². The van der Waals surface area contributed by atoms with Gasteiger partial charge in [-0.3, -0.25) is 9.59 Å². The average molecular weight is 689 g/mol. The number of carbonyl (C=O) groups excluding carboxylic acids is 2. The molecular formula is C43H48N2O6. The molecule has 1 saturated carbocycles. The molecular weight excluding hydrogens is 640 g/mol. The smallest absolute Gasteiger partial charge is 0.326 e. The highest BCUT2D eigenvalue weighted by Crippen LogP contribution is 2.37. The first-order valence-electron chi connectivity index (χ1n) is 18.0. The Bertz CT molecular complexity index is 1840. The van der Waals surface area contributed by atoms with E-state index in [4.69, 9.17) is 9.47 Å². The molecule has 1 heterocycles. The number of amides is 2. The van der Waals surface area contributed by atoms with Gasteiger partial charge in [0.25, 0.3) is 0 Å². The number of nitrogens with one attached hydrogen (secondary N) is 1. The monoisotopic (exact) mass is 688 g/mol. The molecule has 8 heteroatoms. The standard InChI is InChI=1S/C43H48N2O6/c1-43(2,3)33-16-21-35(22-17-33)51-36-20-15-32-23-24-45(39(46)26-28-7-5-6-8-28)40(37(32)27-36)41(47)44-38(42(48)49)25-29-9-11-30(12-10-29)31-13-18-34(50-4)19-14-31/h9-22,27-28,38,40H,5-8,23-26H2,1-4H3,(H,44,47)(H,48,49)/t38-,40?/m0/s1.